The number of rotatable bonds is 5. The Bertz CT molecular complexity index is 647. The van der Waals surface area contributed by atoms with Gasteiger partial charge < -0.3 is 4.90 Å². The number of tetrazole rings is 1. The molecule has 1 aliphatic heterocycles. The number of amides is 1. The van der Waals surface area contributed by atoms with Gasteiger partial charge in [0, 0.05) is 31.0 Å². The molecule has 1 aliphatic rings. The predicted octanol–water partition coefficient (Wildman–Crippen LogP) is -0.181. The highest BCUT2D eigenvalue weighted by Crippen LogP contribution is 2.13. The van der Waals surface area contributed by atoms with E-state index in [0.717, 1.165) is 31.5 Å². The van der Waals surface area contributed by atoms with Crippen LogP contribution in [0.15, 0.2) is 29.6 Å². The van der Waals surface area contributed by atoms with Crippen molar-refractivity contribution in [1.29, 1.82) is 0 Å². The lowest BCUT2D eigenvalue weighted by Crippen LogP contribution is -2.25. The van der Waals surface area contributed by atoms with Crippen LogP contribution in [0.3, 0.4) is 0 Å². The summed E-state index contributed by atoms with van der Waals surface area (Å²) in [6, 6.07) is 3.63. The van der Waals surface area contributed by atoms with Gasteiger partial charge in [0.25, 0.3) is 11.9 Å². The highest BCUT2D eigenvalue weighted by atomic mass is 16.2. The van der Waals surface area contributed by atoms with Gasteiger partial charge in [-0.2, -0.15) is 9.90 Å². The first-order chi connectivity index (χ1) is 10.8. The van der Waals surface area contributed by atoms with Crippen molar-refractivity contribution in [3.63, 3.8) is 0 Å². The van der Waals surface area contributed by atoms with Crippen LogP contribution in [0.4, 0.5) is 5.95 Å². The molecule has 0 bridgehead atoms. The summed E-state index contributed by atoms with van der Waals surface area (Å²) in [5.41, 5.74) is 3.22. The number of aromatic nitrogens is 5. The minimum Gasteiger partial charge on any atom is -0.338 e. The van der Waals surface area contributed by atoms with E-state index in [2.05, 4.69) is 35.8 Å². The van der Waals surface area contributed by atoms with E-state index in [1.807, 2.05) is 6.07 Å². The Kier molecular flexibility index (Phi) is 4.33. The maximum absolute atomic E-state index is 11.8. The number of hydrazone groups is 1. The molecule has 1 amide bonds. The summed E-state index contributed by atoms with van der Waals surface area (Å²) >= 11 is 0. The molecule has 0 atom stereocenters. The largest absolute Gasteiger partial charge is 0.338 e. The van der Waals surface area contributed by atoms with E-state index in [4.69, 9.17) is 0 Å². The van der Waals surface area contributed by atoms with Crippen LogP contribution in [0, 0.1) is 0 Å². The number of nitrogens with one attached hydrogen (secondary N) is 1. The summed E-state index contributed by atoms with van der Waals surface area (Å²) in [5, 5.41) is 15.9. The van der Waals surface area contributed by atoms with Crippen molar-refractivity contribution in [2.75, 3.05) is 18.0 Å². The molecule has 1 N–H and O–H groups in total. The first kappa shape index (κ1) is 14.1. The zero-order valence-electron chi connectivity index (χ0n) is 12.0. The lowest BCUT2D eigenvalue weighted by Gasteiger charge is -2.09. The average molecular weight is 300 g/mol. The Morgan fingerprint density at radius 1 is 1.41 bits per heavy atom. The van der Waals surface area contributed by atoms with Crippen LogP contribution < -0.4 is 10.3 Å². The molecular weight excluding hydrogens is 284 g/mol. The Morgan fingerprint density at radius 3 is 3.05 bits per heavy atom. The van der Waals surface area contributed by atoms with Crippen molar-refractivity contribution in [3.05, 3.63) is 30.1 Å². The van der Waals surface area contributed by atoms with E-state index in [1.54, 1.807) is 18.5 Å². The molecule has 9 heteroatoms. The number of hydrogen-bond acceptors (Lipinski definition) is 7. The number of pyridine rings is 1. The molecule has 0 aromatic carbocycles. The molecule has 0 saturated carbocycles. The maximum atomic E-state index is 11.8. The number of anilines is 1. The van der Waals surface area contributed by atoms with Gasteiger partial charge in [0.05, 0.1) is 6.21 Å². The van der Waals surface area contributed by atoms with Crippen LogP contribution >= 0.6 is 0 Å². The highest BCUT2D eigenvalue weighted by Gasteiger charge is 2.17. The summed E-state index contributed by atoms with van der Waals surface area (Å²) in [6.45, 7) is 1.85. The van der Waals surface area contributed by atoms with E-state index >= 15 is 0 Å². The van der Waals surface area contributed by atoms with Crippen LogP contribution in [0.2, 0.25) is 0 Å². The van der Waals surface area contributed by atoms with Crippen molar-refractivity contribution >= 4 is 18.1 Å². The minimum atomic E-state index is -0.314. The van der Waals surface area contributed by atoms with Crippen LogP contribution in [0.1, 0.15) is 18.4 Å². The van der Waals surface area contributed by atoms with Gasteiger partial charge in [-0.25, -0.2) is 5.43 Å². The number of carbonyl (C=O) groups is 1. The highest BCUT2D eigenvalue weighted by molar-refractivity contribution is 5.81. The molecule has 3 rings (SSSR count). The predicted molar refractivity (Wildman–Crippen MR) is 79.2 cm³/mol. The first-order valence-electron chi connectivity index (χ1n) is 7.06. The van der Waals surface area contributed by atoms with Gasteiger partial charge in [0.2, 0.25) is 0 Å². The van der Waals surface area contributed by atoms with E-state index in [0.29, 0.717) is 5.95 Å². The minimum absolute atomic E-state index is 0.0226. The Balaban J connectivity index is 1.50. The molecule has 2 aromatic rings. The van der Waals surface area contributed by atoms with Crippen molar-refractivity contribution in [2.45, 2.75) is 19.4 Å². The van der Waals surface area contributed by atoms with Crippen molar-refractivity contribution in [1.82, 2.24) is 30.6 Å². The van der Waals surface area contributed by atoms with Gasteiger partial charge in [-0.3, -0.25) is 9.78 Å². The number of carbonyl (C=O) groups excluding carboxylic acids is 1. The van der Waals surface area contributed by atoms with Crippen LogP contribution in [-0.4, -0.2) is 50.4 Å². The lowest BCUT2D eigenvalue weighted by molar-refractivity contribution is -0.122. The molecule has 0 aliphatic carbocycles. The van der Waals surface area contributed by atoms with Crippen molar-refractivity contribution < 1.29 is 4.79 Å². The molecule has 9 nitrogen and oxygen atoms in total. The van der Waals surface area contributed by atoms with E-state index in [9.17, 15) is 4.79 Å². The fraction of sp³-hybridized carbons (Fsp3) is 0.385. The molecule has 0 unspecified atom stereocenters. The summed E-state index contributed by atoms with van der Waals surface area (Å²) < 4.78 is 0. The third kappa shape index (κ3) is 3.62. The van der Waals surface area contributed by atoms with E-state index < -0.39 is 0 Å². The number of hydrogen-bond donors (Lipinski definition) is 1. The van der Waals surface area contributed by atoms with Gasteiger partial charge in [-0.1, -0.05) is 11.2 Å². The Hall–Kier alpha value is -2.84. The molecule has 1 saturated heterocycles. The summed E-state index contributed by atoms with van der Waals surface area (Å²) in [4.78, 5) is 19.0. The first-order valence-corrected chi connectivity index (χ1v) is 7.06. The van der Waals surface area contributed by atoms with E-state index in [1.165, 1.54) is 11.0 Å². The molecule has 2 aromatic heterocycles. The monoisotopic (exact) mass is 300 g/mol. The summed E-state index contributed by atoms with van der Waals surface area (Å²) in [7, 11) is 0. The number of nitrogens with zero attached hydrogens (tertiary/aromatic N) is 7. The Labute approximate surface area is 127 Å². The zero-order chi connectivity index (χ0) is 15.2. The Morgan fingerprint density at radius 2 is 2.27 bits per heavy atom. The molecule has 1 fully saturated rings. The summed E-state index contributed by atoms with van der Waals surface area (Å²) in [6.07, 6.45) is 7.12. The lowest BCUT2D eigenvalue weighted by atomic mass is 10.3. The second-order valence-electron chi connectivity index (χ2n) is 4.89. The van der Waals surface area contributed by atoms with Gasteiger partial charge in [-0.05, 0) is 24.1 Å². The normalized spacial score (nSPS) is 14.6. The fourth-order valence-corrected chi connectivity index (χ4v) is 2.14. The zero-order valence-corrected chi connectivity index (χ0v) is 12.0. The molecule has 114 valence electrons. The van der Waals surface area contributed by atoms with Crippen LogP contribution in [0.25, 0.3) is 0 Å². The van der Waals surface area contributed by atoms with Crippen molar-refractivity contribution in [3.8, 4) is 0 Å². The topological polar surface area (TPSA) is 101 Å². The smallest absolute Gasteiger partial charge is 0.266 e. The van der Waals surface area contributed by atoms with Gasteiger partial charge in [0.15, 0.2) is 0 Å². The van der Waals surface area contributed by atoms with Crippen LogP contribution in [0.5, 0.6) is 0 Å². The summed E-state index contributed by atoms with van der Waals surface area (Å²) in [5.74, 6) is 0.259. The molecule has 0 spiro atoms. The quantitative estimate of drug-likeness (QED) is 0.607. The standard InChI is InChI=1S/C13H16N8O/c22-12(16-15-9-11-4-3-5-14-8-11)10-21-18-13(17-19-21)20-6-1-2-7-20/h3-5,8-9H,1-2,6-7,10H2,(H,16,22). The maximum Gasteiger partial charge on any atom is 0.266 e. The second-order valence-corrected chi connectivity index (χ2v) is 4.89. The fourth-order valence-electron chi connectivity index (χ4n) is 2.14. The van der Waals surface area contributed by atoms with Gasteiger partial charge in [-0.15, -0.1) is 5.10 Å². The molecular formula is C13H16N8O. The molecule has 3 heterocycles. The second kappa shape index (κ2) is 6.74. The van der Waals surface area contributed by atoms with E-state index in [-0.39, 0.29) is 12.5 Å². The van der Waals surface area contributed by atoms with Crippen LogP contribution in [-0.2, 0) is 11.3 Å². The van der Waals surface area contributed by atoms with Gasteiger partial charge in [0.1, 0.15) is 6.54 Å². The van der Waals surface area contributed by atoms with Gasteiger partial charge >= 0.3 is 0 Å². The molecule has 22 heavy (non-hydrogen) atoms. The third-order valence-electron chi connectivity index (χ3n) is 3.20. The van der Waals surface area contributed by atoms with Crippen molar-refractivity contribution in [2.24, 2.45) is 5.10 Å². The molecule has 0 radical (unpaired) electrons. The third-order valence-corrected chi connectivity index (χ3v) is 3.20. The SMILES string of the molecule is O=C(Cn1nnc(N2CCCC2)n1)NN=Cc1cccnc1. The average Bonchev–Trinajstić information content (AvgIpc) is 3.19.